The number of aryl methyl sites for hydroxylation is 1. The lowest BCUT2D eigenvalue weighted by Crippen LogP contribution is -2.29. The van der Waals surface area contributed by atoms with Gasteiger partial charge in [0.15, 0.2) is 0 Å². The Hall–Kier alpha value is -1.72. The Morgan fingerprint density at radius 2 is 1.74 bits per heavy atom. The highest BCUT2D eigenvalue weighted by molar-refractivity contribution is 7.89. The number of halogens is 1. The molecule has 0 N–H and O–H groups in total. The fourth-order valence-electron chi connectivity index (χ4n) is 3.00. The van der Waals surface area contributed by atoms with Crippen LogP contribution in [0.25, 0.3) is 0 Å². The normalized spacial score (nSPS) is 19.1. The number of hydrogen-bond acceptors (Lipinski definition) is 2. The standard InChI is InChI=1S/C18H20FNO2S/c1-14-2-8-18(9-3-14)23(21,22)20-11-10-16(13-20)12-15-4-6-17(19)7-5-15/h2-9,16H,10-13H2,1H3. The summed E-state index contributed by atoms with van der Waals surface area (Å²) < 4.78 is 39.8. The number of nitrogens with zero attached hydrogens (tertiary/aromatic N) is 1. The Morgan fingerprint density at radius 1 is 1.09 bits per heavy atom. The molecule has 23 heavy (non-hydrogen) atoms. The molecule has 0 aliphatic carbocycles. The third kappa shape index (κ3) is 3.62. The van der Waals surface area contributed by atoms with Crippen LogP contribution in [0, 0.1) is 18.7 Å². The molecule has 5 heteroatoms. The van der Waals surface area contributed by atoms with Crippen molar-refractivity contribution in [3.63, 3.8) is 0 Å². The van der Waals surface area contributed by atoms with Gasteiger partial charge in [0, 0.05) is 13.1 Å². The second-order valence-corrected chi connectivity index (χ2v) is 8.10. The zero-order chi connectivity index (χ0) is 16.4. The number of rotatable bonds is 4. The van der Waals surface area contributed by atoms with Crippen LogP contribution >= 0.6 is 0 Å². The Morgan fingerprint density at radius 3 is 2.39 bits per heavy atom. The first-order valence-electron chi connectivity index (χ1n) is 7.76. The summed E-state index contributed by atoms with van der Waals surface area (Å²) in [6.07, 6.45) is 1.61. The average Bonchev–Trinajstić information content (AvgIpc) is 2.99. The van der Waals surface area contributed by atoms with Gasteiger partial charge >= 0.3 is 0 Å². The van der Waals surface area contributed by atoms with Gasteiger partial charge in [0.25, 0.3) is 0 Å². The zero-order valence-electron chi connectivity index (χ0n) is 13.1. The fourth-order valence-corrected chi connectivity index (χ4v) is 4.53. The monoisotopic (exact) mass is 333 g/mol. The van der Waals surface area contributed by atoms with Crippen LogP contribution in [-0.2, 0) is 16.4 Å². The van der Waals surface area contributed by atoms with E-state index in [2.05, 4.69) is 0 Å². The van der Waals surface area contributed by atoms with Crippen molar-refractivity contribution >= 4 is 10.0 Å². The third-order valence-corrected chi connectivity index (χ3v) is 6.22. The molecule has 1 aliphatic rings. The number of hydrogen-bond donors (Lipinski definition) is 0. The average molecular weight is 333 g/mol. The molecular weight excluding hydrogens is 313 g/mol. The lowest BCUT2D eigenvalue weighted by Gasteiger charge is -2.17. The van der Waals surface area contributed by atoms with E-state index in [1.807, 2.05) is 19.1 Å². The summed E-state index contributed by atoms with van der Waals surface area (Å²) in [4.78, 5) is 0.352. The van der Waals surface area contributed by atoms with Gasteiger partial charge < -0.3 is 0 Å². The van der Waals surface area contributed by atoms with Gasteiger partial charge in [-0.3, -0.25) is 0 Å². The first-order chi connectivity index (χ1) is 10.9. The molecule has 0 saturated carbocycles. The van der Waals surface area contributed by atoms with E-state index in [4.69, 9.17) is 0 Å². The minimum absolute atomic E-state index is 0.247. The molecule has 0 aromatic heterocycles. The quantitative estimate of drug-likeness (QED) is 0.860. The van der Waals surface area contributed by atoms with E-state index in [0.717, 1.165) is 24.0 Å². The molecule has 0 spiro atoms. The van der Waals surface area contributed by atoms with E-state index in [1.54, 1.807) is 28.6 Å². The van der Waals surface area contributed by atoms with Crippen LogP contribution < -0.4 is 0 Å². The second-order valence-electron chi connectivity index (χ2n) is 6.16. The molecule has 0 radical (unpaired) electrons. The largest absolute Gasteiger partial charge is 0.243 e. The highest BCUT2D eigenvalue weighted by atomic mass is 32.2. The van der Waals surface area contributed by atoms with Gasteiger partial charge in [-0.05, 0) is 55.5 Å². The lowest BCUT2D eigenvalue weighted by molar-refractivity contribution is 0.456. The molecule has 1 saturated heterocycles. The van der Waals surface area contributed by atoms with Gasteiger partial charge in [0.2, 0.25) is 10.0 Å². The maximum absolute atomic E-state index is 12.9. The Labute approximate surface area is 136 Å². The van der Waals surface area contributed by atoms with Crippen LogP contribution in [0.4, 0.5) is 4.39 Å². The van der Waals surface area contributed by atoms with Crippen molar-refractivity contribution in [2.75, 3.05) is 13.1 Å². The van der Waals surface area contributed by atoms with Crippen molar-refractivity contribution < 1.29 is 12.8 Å². The fraction of sp³-hybridized carbons (Fsp3) is 0.333. The highest BCUT2D eigenvalue weighted by Crippen LogP contribution is 2.26. The molecule has 1 fully saturated rings. The van der Waals surface area contributed by atoms with Crippen LogP contribution in [-0.4, -0.2) is 25.8 Å². The van der Waals surface area contributed by atoms with Crippen LogP contribution in [0.2, 0.25) is 0 Å². The summed E-state index contributed by atoms with van der Waals surface area (Å²) in [6, 6.07) is 13.4. The maximum Gasteiger partial charge on any atom is 0.243 e. The van der Waals surface area contributed by atoms with Crippen molar-refractivity contribution in [2.24, 2.45) is 5.92 Å². The van der Waals surface area contributed by atoms with Crippen molar-refractivity contribution in [1.29, 1.82) is 0 Å². The van der Waals surface area contributed by atoms with Gasteiger partial charge in [-0.15, -0.1) is 0 Å². The molecular formula is C18H20FNO2S. The predicted octanol–water partition coefficient (Wildman–Crippen LogP) is 3.39. The molecule has 2 aromatic carbocycles. The minimum Gasteiger partial charge on any atom is -0.207 e. The summed E-state index contributed by atoms with van der Waals surface area (Å²) in [6.45, 7) is 3.00. The Balaban J connectivity index is 1.69. The number of benzene rings is 2. The van der Waals surface area contributed by atoms with Crippen molar-refractivity contribution in [3.05, 3.63) is 65.5 Å². The van der Waals surface area contributed by atoms with E-state index >= 15 is 0 Å². The topological polar surface area (TPSA) is 37.4 Å². The van der Waals surface area contributed by atoms with Crippen LogP contribution in [0.5, 0.6) is 0 Å². The first kappa shape index (κ1) is 16.1. The Kier molecular flexibility index (Phi) is 4.50. The number of sulfonamides is 1. The second kappa shape index (κ2) is 6.42. The van der Waals surface area contributed by atoms with E-state index in [9.17, 15) is 12.8 Å². The summed E-state index contributed by atoms with van der Waals surface area (Å²) in [5.41, 5.74) is 2.09. The van der Waals surface area contributed by atoms with E-state index in [-0.39, 0.29) is 11.7 Å². The molecule has 3 nitrogen and oxygen atoms in total. The summed E-state index contributed by atoms with van der Waals surface area (Å²) in [7, 11) is -3.41. The van der Waals surface area contributed by atoms with E-state index in [1.165, 1.54) is 12.1 Å². The summed E-state index contributed by atoms with van der Waals surface area (Å²) in [5.74, 6) is 0.0319. The van der Waals surface area contributed by atoms with Crippen LogP contribution in [0.15, 0.2) is 53.4 Å². The molecule has 1 unspecified atom stereocenters. The Bertz CT molecular complexity index is 770. The lowest BCUT2D eigenvalue weighted by atomic mass is 9.99. The van der Waals surface area contributed by atoms with Gasteiger partial charge in [0.05, 0.1) is 4.90 Å². The first-order valence-corrected chi connectivity index (χ1v) is 9.20. The molecule has 1 aliphatic heterocycles. The molecule has 2 aromatic rings. The van der Waals surface area contributed by atoms with E-state index < -0.39 is 10.0 Å². The molecule has 122 valence electrons. The maximum atomic E-state index is 12.9. The summed E-state index contributed by atoms with van der Waals surface area (Å²) in [5, 5.41) is 0. The SMILES string of the molecule is Cc1ccc(S(=O)(=O)N2CCC(Cc3ccc(F)cc3)C2)cc1. The third-order valence-electron chi connectivity index (χ3n) is 4.34. The summed E-state index contributed by atoms with van der Waals surface area (Å²) >= 11 is 0. The van der Waals surface area contributed by atoms with Gasteiger partial charge in [-0.1, -0.05) is 29.8 Å². The van der Waals surface area contributed by atoms with Crippen molar-refractivity contribution in [3.8, 4) is 0 Å². The molecule has 3 rings (SSSR count). The minimum atomic E-state index is -3.41. The molecule has 0 amide bonds. The smallest absolute Gasteiger partial charge is 0.207 e. The van der Waals surface area contributed by atoms with Gasteiger partial charge in [-0.2, -0.15) is 4.31 Å². The van der Waals surface area contributed by atoms with Gasteiger partial charge in [-0.25, -0.2) is 12.8 Å². The van der Waals surface area contributed by atoms with Crippen LogP contribution in [0.3, 0.4) is 0 Å². The van der Waals surface area contributed by atoms with Crippen molar-refractivity contribution in [2.45, 2.75) is 24.7 Å². The van der Waals surface area contributed by atoms with Crippen LogP contribution in [0.1, 0.15) is 17.5 Å². The molecule has 0 bridgehead atoms. The predicted molar refractivity (Wildman–Crippen MR) is 88.1 cm³/mol. The highest BCUT2D eigenvalue weighted by Gasteiger charge is 2.32. The van der Waals surface area contributed by atoms with E-state index in [0.29, 0.717) is 18.0 Å². The van der Waals surface area contributed by atoms with Crippen molar-refractivity contribution in [1.82, 2.24) is 4.31 Å². The molecule has 1 atom stereocenters. The van der Waals surface area contributed by atoms with Gasteiger partial charge in [0.1, 0.15) is 5.82 Å². The molecule has 1 heterocycles. The zero-order valence-corrected chi connectivity index (χ0v) is 13.9.